The maximum absolute atomic E-state index is 10.7. The minimum Gasteiger partial charge on any atom is -0.478 e. The van der Waals surface area contributed by atoms with Crippen molar-refractivity contribution in [3.8, 4) is 11.4 Å². The van der Waals surface area contributed by atoms with Crippen LogP contribution in [0.4, 0.5) is 0 Å². The van der Waals surface area contributed by atoms with Crippen molar-refractivity contribution in [2.45, 2.75) is 6.92 Å². The van der Waals surface area contributed by atoms with E-state index in [1.54, 1.807) is 36.7 Å². The molecule has 16 heavy (non-hydrogen) atoms. The summed E-state index contributed by atoms with van der Waals surface area (Å²) in [5.74, 6) is -0.334. The molecule has 2 aromatic rings. The summed E-state index contributed by atoms with van der Waals surface area (Å²) < 4.78 is 0. The molecule has 2 rings (SSSR count). The first-order chi connectivity index (χ1) is 7.66. The maximum Gasteiger partial charge on any atom is 0.335 e. The van der Waals surface area contributed by atoms with Crippen LogP contribution in [-0.4, -0.2) is 21.0 Å². The molecule has 1 aromatic carbocycles. The van der Waals surface area contributed by atoms with Gasteiger partial charge < -0.3 is 5.11 Å². The summed E-state index contributed by atoms with van der Waals surface area (Å²) in [4.78, 5) is 19.0. The van der Waals surface area contributed by atoms with E-state index in [2.05, 4.69) is 9.97 Å². The molecule has 0 unspecified atom stereocenters. The molecular formula is C12H10N2O2. The van der Waals surface area contributed by atoms with Crippen molar-refractivity contribution in [1.82, 2.24) is 9.97 Å². The van der Waals surface area contributed by atoms with Crippen molar-refractivity contribution in [2.75, 3.05) is 0 Å². The SMILES string of the molecule is Cc1cnc(-c2ccc(C(=O)O)cc2)nc1. The highest BCUT2D eigenvalue weighted by Crippen LogP contribution is 2.15. The van der Waals surface area contributed by atoms with Crippen LogP contribution in [0.1, 0.15) is 15.9 Å². The Morgan fingerprint density at radius 2 is 1.69 bits per heavy atom. The average Bonchev–Trinajstić information content (AvgIpc) is 2.30. The van der Waals surface area contributed by atoms with Gasteiger partial charge in [-0.05, 0) is 24.6 Å². The number of nitrogens with zero attached hydrogens (tertiary/aromatic N) is 2. The number of hydrogen-bond donors (Lipinski definition) is 1. The lowest BCUT2D eigenvalue weighted by atomic mass is 10.1. The van der Waals surface area contributed by atoms with Crippen molar-refractivity contribution < 1.29 is 9.90 Å². The van der Waals surface area contributed by atoms with Gasteiger partial charge in [0.1, 0.15) is 0 Å². The quantitative estimate of drug-likeness (QED) is 0.831. The van der Waals surface area contributed by atoms with Crippen molar-refractivity contribution in [1.29, 1.82) is 0 Å². The van der Waals surface area contributed by atoms with Crippen LogP contribution < -0.4 is 0 Å². The molecule has 0 radical (unpaired) electrons. The van der Waals surface area contributed by atoms with E-state index in [0.717, 1.165) is 11.1 Å². The largest absolute Gasteiger partial charge is 0.478 e. The van der Waals surface area contributed by atoms with Crippen molar-refractivity contribution in [2.24, 2.45) is 0 Å². The number of carbonyl (C=O) groups is 1. The van der Waals surface area contributed by atoms with Crippen LogP contribution in [0.25, 0.3) is 11.4 Å². The minimum atomic E-state index is -0.934. The summed E-state index contributed by atoms with van der Waals surface area (Å²) in [7, 11) is 0. The van der Waals surface area contributed by atoms with Gasteiger partial charge in [-0.2, -0.15) is 0 Å². The van der Waals surface area contributed by atoms with Gasteiger partial charge in [-0.15, -0.1) is 0 Å². The first kappa shape index (κ1) is 10.3. The molecule has 0 aliphatic rings. The van der Waals surface area contributed by atoms with Crippen LogP contribution in [-0.2, 0) is 0 Å². The van der Waals surface area contributed by atoms with E-state index in [-0.39, 0.29) is 5.56 Å². The van der Waals surface area contributed by atoms with E-state index >= 15 is 0 Å². The lowest BCUT2D eigenvalue weighted by Gasteiger charge is -2.00. The fourth-order valence-corrected chi connectivity index (χ4v) is 1.30. The molecule has 4 heteroatoms. The van der Waals surface area contributed by atoms with E-state index in [1.165, 1.54) is 0 Å². The molecule has 80 valence electrons. The number of hydrogen-bond acceptors (Lipinski definition) is 3. The van der Waals surface area contributed by atoms with Crippen LogP contribution in [0.3, 0.4) is 0 Å². The standard InChI is InChI=1S/C12H10N2O2/c1-8-6-13-11(14-7-8)9-2-4-10(5-3-9)12(15)16/h2-7H,1H3,(H,15,16). The van der Waals surface area contributed by atoms with E-state index < -0.39 is 5.97 Å². The lowest BCUT2D eigenvalue weighted by molar-refractivity contribution is 0.0697. The van der Waals surface area contributed by atoms with E-state index in [4.69, 9.17) is 5.11 Å². The summed E-state index contributed by atoms with van der Waals surface area (Å²) in [5, 5.41) is 8.75. The van der Waals surface area contributed by atoms with E-state index in [1.807, 2.05) is 6.92 Å². The molecule has 1 aromatic heterocycles. The Morgan fingerprint density at radius 3 is 2.19 bits per heavy atom. The average molecular weight is 214 g/mol. The fourth-order valence-electron chi connectivity index (χ4n) is 1.30. The highest BCUT2D eigenvalue weighted by molar-refractivity contribution is 5.88. The van der Waals surface area contributed by atoms with Crippen molar-refractivity contribution in [3.63, 3.8) is 0 Å². The van der Waals surface area contributed by atoms with Gasteiger partial charge >= 0.3 is 5.97 Å². The van der Waals surface area contributed by atoms with Gasteiger partial charge in [0.25, 0.3) is 0 Å². The third kappa shape index (κ3) is 2.06. The maximum atomic E-state index is 10.7. The van der Waals surface area contributed by atoms with E-state index in [0.29, 0.717) is 5.82 Å². The Kier molecular flexibility index (Phi) is 2.64. The minimum absolute atomic E-state index is 0.260. The Bertz CT molecular complexity index is 504. The van der Waals surface area contributed by atoms with Gasteiger partial charge in [-0.25, -0.2) is 14.8 Å². The molecule has 0 fully saturated rings. The summed E-state index contributed by atoms with van der Waals surface area (Å²) in [6, 6.07) is 6.49. The topological polar surface area (TPSA) is 63.1 Å². The first-order valence-corrected chi connectivity index (χ1v) is 4.79. The highest BCUT2D eigenvalue weighted by atomic mass is 16.4. The molecule has 0 aliphatic heterocycles. The second kappa shape index (κ2) is 4.10. The number of aromatic carboxylic acids is 1. The second-order valence-electron chi connectivity index (χ2n) is 3.47. The zero-order chi connectivity index (χ0) is 11.5. The summed E-state index contributed by atoms with van der Waals surface area (Å²) in [6.07, 6.45) is 3.46. The zero-order valence-corrected chi connectivity index (χ0v) is 8.71. The molecule has 0 saturated carbocycles. The number of rotatable bonds is 2. The number of carboxylic acid groups (broad SMARTS) is 1. The third-order valence-electron chi connectivity index (χ3n) is 2.17. The van der Waals surface area contributed by atoms with Crippen LogP contribution in [0.5, 0.6) is 0 Å². The summed E-state index contributed by atoms with van der Waals surface area (Å²) >= 11 is 0. The number of aromatic nitrogens is 2. The van der Waals surface area contributed by atoms with Crippen molar-refractivity contribution in [3.05, 3.63) is 47.8 Å². The van der Waals surface area contributed by atoms with Gasteiger partial charge in [0, 0.05) is 18.0 Å². The third-order valence-corrected chi connectivity index (χ3v) is 2.17. The Labute approximate surface area is 92.6 Å². The first-order valence-electron chi connectivity index (χ1n) is 4.79. The highest BCUT2D eigenvalue weighted by Gasteiger charge is 2.04. The number of carboxylic acids is 1. The lowest BCUT2D eigenvalue weighted by Crippen LogP contribution is -1.96. The Balaban J connectivity index is 2.34. The zero-order valence-electron chi connectivity index (χ0n) is 8.71. The van der Waals surface area contributed by atoms with Crippen LogP contribution in [0.2, 0.25) is 0 Å². The van der Waals surface area contributed by atoms with Gasteiger partial charge in [0.15, 0.2) is 5.82 Å². The predicted octanol–water partition coefficient (Wildman–Crippen LogP) is 2.15. The molecule has 0 amide bonds. The Hall–Kier alpha value is -2.23. The normalized spacial score (nSPS) is 10.1. The molecule has 0 saturated heterocycles. The predicted molar refractivity (Wildman–Crippen MR) is 59.2 cm³/mol. The van der Waals surface area contributed by atoms with Gasteiger partial charge in [0.2, 0.25) is 0 Å². The van der Waals surface area contributed by atoms with Gasteiger partial charge in [-0.3, -0.25) is 0 Å². The smallest absolute Gasteiger partial charge is 0.335 e. The molecule has 1 N–H and O–H groups in total. The molecule has 0 spiro atoms. The monoisotopic (exact) mass is 214 g/mol. The Morgan fingerprint density at radius 1 is 1.12 bits per heavy atom. The molecule has 0 aliphatic carbocycles. The second-order valence-corrected chi connectivity index (χ2v) is 3.47. The van der Waals surface area contributed by atoms with Crippen LogP contribution >= 0.6 is 0 Å². The fraction of sp³-hybridized carbons (Fsp3) is 0.0833. The molecule has 4 nitrogen and oxygen atoms in total. The van der Waals surface area contributed by atoms with Gasteiger partial charge in [-0.1, -0.05) is 12.1 Å². The van der Waals surface area contributed by atoms with Crippen LogP contribution in [0.15, 0.2) is 36.7 Å². The number of benzene rings is 1. The molecular weight excluding hydrogens is 204 g/mol. The van der Waals surface area contributed by atoms with Crippen LogP contribution in [0, 0.1) is 6.92 Å². The number of aryl methyl sites for hydroxylation is 1. The summed E-state index contributed by atoms with van der Waals surface area (Å²) in [5.41, 5.74) is 2.06. The van der Waals surface area contributed by atoms with E-state index in [9.17, 15) is 4.79 Å². The molecule has 0 bridgehead atoms. The summed E-state index contributed by atoms with van der Waals surface area (Å²) in [6.45, 7) is 1.91. The molecule has 0 atom stereocenters. The van der Waals surface area contributed by atoms with Crippen molar-refractivity contribution >= 4 is 5.97 Å². The molecule has 1 heterocycles. The van der Waals surface area contributed by atoms with Gasteiger partial charge in [0.05, 0.1) is 5.56 Å².